The number of halogens is 1. The van der Waals surface area contributed by atoms with Gasteiger partial charge in [-0.3, -0.25) is 9.10 Å². The van der Waals surface area contributed by atoms with Crippen LogP contribution in [0.2, 0.25) is 5.02 Å². The molecule has 0 aromatic heterocycles. The van der Waals surface area contributed by atoms with Gasteiger partial charge in [-0.2, -0.15) is 0 Å². The third kappa shape index (κ3) is 5.60. The van der Waals surface area contributed by atoms with Crippen LogP contribution in [0.5, 0.6) is 5.75 Å². The van der Waals surface area contributed by atoms with E-state index in [2.05, 4.69) is 5.32 Å². The summed E-state index contributed by atoms with van der Waals surface area (Å²) in [5, 5.41) is 3.43. The Hall–Kier alpha value is -3.03. The average molecular weight is 473 g/mol. The molecular formula is C24H25ClN2O4S. The quantitative estimate of drug-likeness (QED) is 0.510. The number of para-hydroxylation sites is 1. The van der Waals surface area contributed by atoms with E-state index in [9.17, 15) is 13.2 Å². The van der Waals surface area contributed by atoms with Crippen molar-refractivity contribution < 1.29 is 17.9 Å². The lowest BCUT2D eigenvalue weighted by Crippen LogP contribution is -2.30. The summed E-state index contributed by atoms with van der Waals surface area (Å²) in [6, 6.07) is 20.7. The van der Waals surface area contributed by atoms with Crippen LogP contribution in [0.25, 0.3) is 0 Å². The van der Waals surface area contributed by atoms with Crippen LogP contribution in [0.3, 0.4) is 0 Å². The van der Waals surface area contributed by atoms with E-state index < -0.39 is 10.0 Å². The summed E-state index contributed by atoms with van der Waals surface area (Å²) in [6.07, 6.45) is 1.14. The highest BCUT2D eigenvalue weighted by molar-refractivity contribution is 7.92. The van der Waals surface area contributed by atoms with Crippen LogP contribution in [0.15, 0.2) is 72.8 Å². The van der Waals surface area contributed by atoms with Crippen LogP contribution < -0.4 is 14.4 Å². The maximum absolute atomic E-state index is 12.7. The van der Waals surface area contributed by atoms with Crippen LogP contribution in [-0.4, -0.2) is 27.7 Å². The second-order valence-corrected chi connectivity index (χ2v) is 9.66. The summed E-state index contributed by atoms with van der Waals surface area (Å²) in [6.45, 7) is 1.97. The molecule has 0 saturated carbocycles. The predicted octanol–water partition coefficient (Wildman–Crippen LogP) is 4.81. The predicted molar refractivity (Wildman–Crippen MR) is 128 cm³/mol. The van der Waals surface area contributed by atoms with Crippen molar-refractivity contribution in [3.63, 3.8) is 0 Å². The van der Waals surface area contributed by atoms with Crippen molar-refractivity contribution in [1.29, 1.82) is 0 Å². The van der Waals surface area contributed by atoms with Crippen molar-refractivity contribution in [3.8, 4) is 5.75 Å². The number of anilines is 1. The fraction of sp³-hybridized carbons (Fsp3) is 0.208. The highest BCUT2D eigenvalue weighted by atomic mass is 35.5. The Morgan fingerprint density at radius 3 is 2.28 bits per heavy atom. The van der Waals surface area contributed by atoms with Crippen LogP contribution in [0.4, 0.5) is 5.69 Å². The molecule has 0 spiro atoms. The van der Waals surface area contributed by atoms with Crippen molar-refractivity contribution in [2.24, 2.45) is 0 Å². The monoisotopic (exact) mass is 472 g/mol. The van der Waals surface area contributed by atoms with Gasteiger partial charge >= 0.3 is 0 Å². The number of carbonyl (C=O) groups is 1. The number of nitrogens with one attached hydrogen (secondary N) is 1. The number of sulfonamides is 1. The van der Waals surface area contributed by atoms with Gasteiger partial charge in [0, 0.05) is 16.1 Å². The molecule has 1 atom stereocenters. The van der Waals surface area contributed by atoms with E-state index in [1.54, 1.807) is 55.6 Å². The molecule has 3 aromatic carbocycles. The van der Waals surface area contributed by atoms with Crippen molar-refractivity contribution in [2.75, 3.05) is 17.7 Å². The third-order valence-electron chi connectivity index (χ3n) is 5.04. The van der Waals surface area contributed by atoms with E-state index in [1.165, 1.54) is 4.31 Å². The molecule has 0 saturated heterocycles. The lowest BCUT2D eigenvalue weighted by Gasteiger charge is -2.23. The molecule has 168 valence electrons. The fourth-order valence-corrected chi connectivity index (χ4v) is 4.42. The summed E-state index contributed by atoms with van der Waals surface area (Å²) in [4.78, 5) is 12.7. The second kappa shape index (κ2) is 10.1. The Labute approximate surface area is 193 Å². The van der Waals surface area contributed by atoms with Crippen LogP contribution in [0, 0.1) is 0 Å². The van der Waals surface area contributed by atoms with Gasteiger partial charge in [0.05, 0.1) is 31.6 Å². The first kappa shape index (κ1) is 23.6. The molecule has 0 heterocycles. The van der Waals surface area contributed by atoms with Gasteiger partial charge in [0.2, 0.25) is 10.0 Å². The van der Waals surface area contributed by atoms with Gasteiger partial charge in [-0.15, -0.1) is 0 Å². The first-order chi connectivity index (χ1) is 15.2. The highest BCUT2D eigenvalue weighted by Gasteiger charge is 2.20. The Morgan fingerprint density at radius 2 is 1.66 bits per heavy atom. The van der Waals surface area contributed by atoms with Gasteiger partial charge in [-0.05, 0) is 48.9 Å². The van der Waals surface area contributed by atoms with Gasteiger partial charge in [0.25, 0.3) is 5.91 Å². The summed E-state index contributed by atoms with van der Waals surface area (Å²) < 4.78 is 31.5. The number of rotatable bonds is 8. The Bertz CT molecular complexity index is 1200. The zero-order valence-corrected chi connectivity index (χ0v) is 19.7. The molecule has 1 N–H and O–H groups in total. The maximum Gasteiger partial charge on any atom is 0.251 e. The Balaban J connectivity index is 1.79. The summed E-state index contributed by atoms with van der Waals surface area (Å²) in [5.74, 6) is 0.422. The molecule has 0 unspecified atom stereocenters. The third-order valence-corrected chi connectivity index (χ3v) is 6.55. The Kier molecular flexibility index (Phi) is 7.43. The topological polar surface area (TPSA) is 75.7 Å². The van der Waals surface area contributed by atoms with Gasteiger partial charge in [0.1, 0.15) is 5.75 Å². The minimum atomic E-state index is -3.57. The number of carbonyl (C=O) groups excluding carboxylic acids is 1. The fourth-order valence-electron chi connectivity index (χ4n) is 3.34. The van der Waals surface area contributed by atoms with E-state index >= 15 is 0 Å². The molecule has 0 bridgehead atoms. The zero-order chi connectivity index (χ0) is 23.3. The van der Waals surface area contributed by atoms with Gasteiger partial charge < -0.3 is 10.1 Å². The molecule has 32 heavy (non-hydrogen) atoms. The van der Waals surface area contributed by atoms with Gasteiger partial charge in [0.15, 0.2) is 0 Å². The second-order valence-electron chi connectivity index (χ2n) is 7.35. The van der Waals surface area contributed by atoms with E-state index in [-0.39, 0.29) is 18.5 Å². The standard InChI is InChI=1S/C24H25ClN2O4S/c1-17(21-9-5-7-11-23(21)31-2)26-24(28)18-12-14-20(15-13-18)27(32(3,29)30)16-19-8-4-6-10-22(19)25/h4-15,17H,16H2,1-3H3,(H,26,28)/t17-/m0/s1. The molecule has 8 heteroatoms. The smallest absolute Gasteiger partial charge is 0.251 e. The molecule has 1 amide bonds. The van der Waals surface area contributed by atoms with Crippen molar-refractivity contribution in [1.82, 2.24) is 5.32 Å². The molecule has 3 aromatic rings. The summed E-state index contributed by atoms with van der Waals surface area (Å²) >= 11 is 6.21. The number of hydrogen-bond acceptors (Lipinski definition) is 4. The number of methoxy groups -OCH3 is 1. The first-order valence-electron chi connectivity index (χ1n) is 9.95. The van der Waals surface area contributed by atoms with Crippen molar-refractivity contribution >= 4 is 33.2 Å². The van der Waals surface area contributed by atoms with E-state index in [4.69, 9.17) is 16.3 Å². The number of ether oxygens (including phenoxy) is 1. The summed E-state index contributed by atoms with van der Waals surface area (Å²) in [5.41, 5.74) is 2.42. The lowest BCUT2D eigenvalue weighted by atomic mass is 10.1. The largest absolute Gasteiger partial charge is 0.496 e. The SMILES string of the molecule is COc1ccccc1[C@H](C)NC(=O)c1ccc(N(Cc2ccccc2Cl)S(C)(=O)=O)cc1. The van der Waals surface area contributed by atoms with Crippen molar-refractivity contribution in [3.05, 3.63) is 94.5 Å². The molecule has 0 aliphatic carbocycles. The number of nitrogens with zero attached hydrogens (tertiary/aromatic N) is 1. The Morgan fingerprint density at radius 1 is 1.03 bits per heavy atom. The van der Waals surface area contributed by atoms with Gasteiger partial charge in [-0.25, -0.2) is 8.42 Å². The molecule has 0 aliphatic rings. The van der Waals surface area contributed by atoms with E-state index in [0.29, 0.717) is 27.6 Å². The molecule has 0 radical (unpaired) electrons. The highest BCUT2D eigenvalue weighted by Crippen LogP contribution is 2.26. The minimum absolute atomic E-state index is 0.0921. The van der Waals surface area contributed by atoms with Crippen molar-refractivity contribution in [2.45, 2.75) is 19.5 Å². The first-order valence-corrected chi connectivity index (χ1v) is 12.2. The number of benzene rings is 3. The minimum Gasteiger partial charge on any atom is -0.496 e. The number of amides is 1. The average Bonchev–Trinajstić information content (AvgIpc) is 2.77. The molecule has 6 nitrogen and oxygen atoms in total. The normalized spacial score (nSPS) is 12.1. The molecule has 0 fully saturated rings. The molecule has 0 aliphatic heterocycles. The lowest BCUT2D eigenvalue weighted by molar-refractivity contribution is 0.0939. The zero-order valence-electron chi connectivity index (χ0n) is 18.1. The van der Waals surface area contributed by atoms with Crippen LogP contribution in [-0.2, 0) is 16.6 Å². The van der Waals surface area contributed by atoms with E-state index in [0.717, 1.165) is 11.8 Å². The number of hydrogen-bond donors (Lipinski definition) is 1. The van der Waals surface area contributed by atoms with Crippen LogP contribution >= 0.6 is 11.6 Å². The maximum atomic E-state index is 12.7. The van der Waals surface area contributed by atoms with Gasteiger partial charge in [-0.1, -0.05) is 48.0 Å². The molecule has 3 rings (SSSR count). The summed E-state index contributed by atoms with van der Waals surface area (Å²) in [7, 11) is -1.98. The van der Waals surface area contributed by atoms with Crippen LogP contribution in [0.1, 0.15) is 34.5 Å². The van der Waals surface area contributed by atoms with E-state index in [1.807, 2.05) is 31.2 Å². The molecular weight excluding hydrogens is 448 g/mol.